The number of ether oxygens (including phenoxy) is 1. The molecule has 0 atom stereocenters. The van der Waals surface area contributed by atoms with E-state index < -0.39 is 6.09 Å². The van der Waals surface area contributed by atoms with Crippen molar-refractivity contribution in [2.75, 3.05) is 26.7 Å². The third kappa shape index (κ3) is 10.8. The monoisotopic (exact) mass is 238 g/mol. The van der Waals surface area contributed by atoms with E-state index in [1.165, 1.54) is 0 Å². The Kier molecular flexibility index (Phi) is 8.89. The summed E-state index contributed by atoms with van der Waals surface area (Å²) >= 11 is 0. The highest BCUT2D eigenvalue weighted by Crippen LogP contribution is 1.97. The third-order valence-electron chi connectivity index (χ3n) is 1.85. The maximum atomic E-state index is 11.2. The van der Waals surface area contributed by atoms with Gasteiger partial charge >= 0.3 is 6.09 Å². The molecule has 0 aliphatic rings. The maximum absolute atomic E-state index is 11.2. The summed E-state index contributed by atoms with van der Waals surface area (Å²) < 4.78 is 4.96. The standard InChI is InChI=1S/C13H22N2O2/c1-11(2)6-5-8-15-13(16)17-10-12(3)7-9-14-4/h11,14H,3,7-10H2,1-2,4H3,(H,15,16). The fraction of sp³-hybridized carbons (Fsp3) is 0.615. The van der Waals surface area contributed by atoms with Gasteiger partial charge in [-0.25, -0.2) is 4.79 Å². The molecule has 2 N–H and O–H groups in total. The second-order valence-electron chi connectivity index (χ2n) is 4.01. The quantitative estimate of drug-likeness (QED) is 0.545. The molecule has 0 aromatic heterocycles. The van der Waals surface area contributed by atoms with Crippen LogP contribution in [0.2, 0.25) is 0 Å². The molecule has 0 aliphatic heterocycles. The van der Waals surface area contributed by atoms with Crippen molar-refractivity contribution in [1.82, 2.24) is 10.6 Å². The lowest BCUT2D eigenvalue weighted by atomic mass is 10.2. The average molecular weight is 238 g/mol. The lowest BCUT2D eigenvalue weighted by molar-refractivity contribution is 0.156. The summed E-state index contributed by atoms with van der Waals surface area (Å²) in [5.74, 6) is 6.10. The van der Waals surface area contributed by atoms with Gasteiger partial charge in [-0.3, -0.25) is 0 Å². The van der Waals surface area contributed by atoms with Gasteiger partial charge in [-0.15, -0.1) is 0 Å². The van der Waals surface area contributed by atoms with Crippen molar-refractivity contribution in [3.63, 3.8) is 0 Å². The first-order valence-corrected chi connectivity index (χ1v) is 5.76. The molecule has 0 radical (unpaired) electrons. The highest BCUT2D eigenvalue weighted by Gasteiger charge is 2.01. The minimum Gasteiger partial charge on any atom is -0.445 e. The van der Waals surface area contributed by atoms with E-state index in [1.54, 1.807) is 0 Å². The molecule has 0 aromatic rings. The summed E-state index contributed by atoms with van der Waals surface area (Å²) in [4.78, 5) is 11.2. The Balaban J connectivity index is 3.60. The van der Waals surface area contributed by atoms with Crippen LogP contribution >= 0.6 is 0 Å². The van der Waals surface area contributed by atoms with E-state index in [2.05, 4.69) is 29.1 Å². The van der Waals surface area contributed by atoms with Crippen LogP contribution in [0.3, 0.4) is 0 Å². The minimum absolute atomic E-state index is 0.255. The highest BCUT2D eigenvalue weighted by atomic mass is 16.5. The lowest BCUT2D eigenvalue weighted by Crippen LogP contribution is -2.25. The van der Waals surface area contributed by atoms with Crippen LogP contribution in [0, 0.1) is 17.8 Å². The van der Waals surface area contributed by atoms with Gasteiger partial charge in [0, 0.05) is 5.92 Å². The molecular weight excluding hydrogens is 216 g/mol. The molecule has 0 saturated carbocycles. The van der Waals surface area contributed by atoms with Crippen molar-refractivity contribution in [1.29, 1.82) is 0 Å². The number of amides is 1. The first-order chi connectivity index (χ1) is 8.06. The SMILES string of the molecule is C=C(CCNC)COC(=O)NCC#CC(C)C. The van der Waals surface area contributed by atoms with Crippen LogP contribution in [0.1, 0.15) is 20.3 Å². The van der Waals surface area contributed by atoms with E-state index in [9.17, 15) is 4.79 Å². The molecule has 0 aromatic carbocycles. The van der Waals surface area contributed by atoms with E-state index in [0.29, 0.717) is 12.5 Å². The van der Waals surface area contributed by atoms with Crippen LogP contribution in [0.25, 0.3) is 0 Å². The van der Waals surface area contributed by atoms with Gasteiger partial charge in [0.25, 0.3) is 0 Å². The van der Waals surface area contributed by atoms with Gasteiger partial charge in [0.1, 0.15) is 6.61 Å². The number of hydrogen-bond donors (Lipinski definition) is 2. The summed E-state index contributed by atoms with van der Waals surface area (Å²) in [6.45, 7) is 9.22. The number of carbonyl (C=O) groups excluding carboxylic acids is 1. The second kappa shape index (κ2) is 9.73. The molecule has 0 heterocycles. The summed E-state index contributed by atoms with van der Waals surface area (Å²) in [6.07, 6.45) is 0.352. The Morgan fingerprint density at radius 1 is 1.47 bits per heavy atom. The van der Waals surface area contributed by atoms with Gasteiger partial charge in [-0.2, -0.15) is 0 Å². The Morgan fingerprint density at radius 2 is 2.18 bits per heavy atom. The van der Waals surface area contributed by atoms with E-state index >= 15 is 0 Å². The van der Waals surface area contributed by atoms with Gasteiger partial charge in [0.05, 0.1) is 6.54 Å². The number of carbonyl (C=O) groups is 1. The molecule has 4 nitrogen and oxygen atoms in total. The van der Waals surface area contributed by atoms with E-state index in [0.717, 1.165) is 18.5 Å². The van der Waals surface area contributed by atoms with Gasteiger partial charge in [0.2, 0.25) is 0 Å². The predicted octanol–water partition coefficient (Wildman–Crippen LogP) is 1.54. The van der Waals surface area contributed by atoms with E-state index in [4.69, 9.17) is 4.74 Å². The van der Waals surface area contributed by atoms with Crippen molar-refractivity contribution >= 4 is 6.09 Å². The molecule has 0 bridgehead atoms. The van der Waals surface area contributed by atoms with E-state index in [1.807, 2.05) is 20.9 Å². The van der Waals surface area contributed by atoms with E-state index in [-0.39, 0.29) is 6.61 Å². The molecular formula is C13H22N2O2. The normalized spacial score (nSPS) is 9.41. The second-order valence-corrected chi connectivity index (χ2v) is 4.01. The van der Waals surface area contributed by atoms with Crippen molar-refractivity contribution in [3.05, 3.63) is 12.2 Å². The zero-order chi connectivity index (χ0) is 13.1. The lowest BCUT2D eigenvalue weighted by Gasteiger charge is -2.07. The smallest absolute Gasteiger partial charge is 0.408 e. The van der Waals surface area contributed by atoms with Gasteiger partial charge < -0.3 is 15.4 Å². The summed E-state index contributed by atoms with van der Waals surface area (Å²) in [6, 6.07) is 0. The Morgan fingerprint density at radius 3 is 2.76 bits per heavy atom. The molecule has 0 spiro atoms. The largest absolute Gasteiger partial charge is 0.445 e. The van der Waals surface area contributed by atoms with Crippen LogP contribution < -0.4 is 10.6 Å². The molecule has 0 saturated heterocycles. The fourth-order valence-corrected chi connectivity index (χ4v) is 0.964. The molecule has 0 aliphatic carbocycles. The zero-order valence-corrected chi connectivity index (χ0v) is 10.9. The number of rotatable bonds is 6. The zero-order valence-electron chi connectivity index (χ0n) is 10.9. The molecule has 0 unspecified atom stereocenters. The first-order valence-electron chi connectivity index (χ1n) is 5.76. The third-order valence-corrected chi connectivity index (χ3v) is 1.85. The molecule has 1 amide bonds. The van der Waals surface area contributed by atoms with Crippen molar-refractivity contribution < 1.29 is 9.53 Å². The highest BCUT2D eigenvalue weighted by molar-refractivity contribution is 5.67. The number of hydrogen-bond acceptors (Lipinski definition) is 3. The minimum atomic E-state index is -0.450. The first kappa shape index (κ1) is 15.5. The van der Waals surface area contributed by atoms with Crippen molar-refractivity contribution in [2.24, 2.45) is 5.92 Å². The summed E-state index contributed by atoms with van der Waals surface area (Å²) in [5, 5.41) is 5.56. The van der Waals surface area contributed by atoms with Crippen LogP contribution in [0.5, 0.6) is 0 Å². The van der Waals surface area contributed by atoms with Gasteiger partial charge in [0.15, 0.2) is 0 Å². The molecule has 4 heteroatoms. The topological polar surface area (TPSA) is 50.4 Å². The number of nitrogens with one attached hydrogen (secondary N) is 2. The number of alkyl carbamates (subject to hydrolysis) is 1. The summed E-state index contributed by atoms with van der Waals surface area (Å²) in [5.41, 5.74) is 0.891. The van der Waals surface area contributed by atoms with Gasteiger partial charge in [-0.05, 0) is 25.6 Å². The fourth-order valence-electron chi connectivity index (χ4n) is 0.964. The predicted molar refractivity (Wildman–Crippen MR) is 69.6 cm³/mol. The molecule has 17 heavy (non-hydrogen) atoms. The average Bonchev–Trinajstić information content (AvgIpc) is 2.29. The molecule has 0 fully saturated rings. The van der Waals surface area contributed by atoms with Crippen molar-refractivity contribution in [2.45, 2.75) is 20.3 Å². The molecule has 0 rings (SSSR count). The molecule has 96 valence electrons. The Labute approximate surface area is 104 Å². The van der Waals surface area contributed by atoms with Crippen LogP contribution in [-0.2, 0) is 4.74 Å². The van der Waals surface area contributed by atoms with Crippen molar-refractivity contribution in [3.8, 4) is 11.8 Å². The maximum Gasteiger partial charge on any atom is 0.408 e. The Bertz CT molecular complexity index is 300. The van der Waals surface area contributed by atoms with Crippen LogP contribution in [0.4, 0.5) is 4.79 Å². The summed E-state index contributed by atoms with van der Waals surface area (Å²) in [7, 11) is 1.87. The Hall–Kier alpha value is -1.47. The van der Waals surface area contributed by atoms with Crippen LogP contribution in [0.15, 0.2) is 12.2 Å². The van der Waals surface area contributed by atoms with Crippen LogP contribution in [-0.4, -0.2) is 32.8 Å². The van der Waals surface area contributed by atoms with Gasteiger partial charge in [-0.1, -0.05) is 32.3 Å².